The van der Waals surface area contributed by atoms with Crippen LogP contribution in [-0.4, -0.2) is 23.7 Å². The normalized spacial score (nSPS) is 12.1. The molecule has 4 heteroatoms. The lowest BCUT2D eigenvalue weighted by Crippen LogP contribution is -2.23. The Morgan fingerprint density at radius 3 is 2.94 bits per heavy atom. The maximum Gasteiger partial charge on any atom is 0.303 e. The van der Waals surface area contributed by atoms with Crippen molar-refractivity contribution in [2.75, 3.05) is 6.61 Å². The van der Waals surface area contributed by atoms with E-state index in [-0.39, 0.29) is 12.5 Å². The molecule has 0 aliphatic rings. The first-order chi connectivity index (χ1) is 8.61. The van der Waals surface area contributed by atoms with E-state index in [2.05, 4.69) is 6.92 Å². The molecule has 3 N–H and O–H groups in total. The van der Waals surface area contributed by atoms with Gasteiger partial charge in [0, 0.05) is 12.5 Å². The van der Waals surface area contributed by atoms with Gasteiger partial charge in [-0.3, -0.25) is 4.79 Å². The first-order valence-electron chi connectivity index (χ1n) is 6.31. The van der Waals surface area contributed by atoms with Gasteiger partial charge >= 0.3 is 5.97 Å². The quantitative estimate of drug-likeness (QED) is 0.743. The van der Waals surface area contributed by atoms with Gasteiger partial charge in [0.05, 0.1) is 6.61 Å². The molecule has 0 spiro atoms. The molecular formula is C14H21NO3. The Kier molecular flexibility index (Phi) is 6.22. The molecule has 1 atom stereocenters. The van der Waals surface area contributed by atoms with Crippen molar-refractivity contribution in [2.45, 2.75) is 38.6 Å². The number of hydrogen-bond donors (Lipinski definition) is 2. The van der Waals surface area contributed by atoms with Crippen LogP contribution in [0.25, 0.3) is 0 Å². The highest BCUT2D eigenvalue weighted by Crippen LogP contribution is 2.15. The molecule has 0 radical (unpaired) electrons. The van der Waals surface area contributed by atoms with Gasteiger partial charge in [-0.2, -0.15) is 0 Å². The minimum Gasteiger partial charge on any atom is -0.494 e. The highest BCUT2D eigenvalue weighted by Gasteiger charge is 2.07. The summed E-state index contributed by atoms with van der Waals surface area (Å²) in [6.45, 7) is 2.76. The van der Waals surface area contributed by atoms with Crippen molar-refractivity contribution < 1.29 is 14.6 Å². The molecule has 0 bridgehead atoms. The van der Waals surface area contributed by atoms with Crippen LogP contribution in [-0.2, 0) is 11.2 Å². The third kappa shape index (κ3) is 5.68. The van der Waals surface area contributed by atoms with E-state index >= 15 is 0 Å². The standard InChI is InChI=1S/C14H21NO3/c1-2-8-18-13-5-3-4-11(10-13)9-12(15)6-7-14(16)17/h3-5,10,12H,2,6-9,15H2,1H3,(H,16,17). The molecule has 0 aliphatic heterocycles. The third-order valence-corrected chi connectivity index (χ3v) is 2.60. The van der Waals surface area contributed by atoms with Gasteiger partial charge in [-0.25, -0.2) is 0 Å². The molecular weight excluding hydrogens is 230 g/mol. The van der Waals surface area contributed by atoms with Crippen molar-refractivity contribution in [3.8, 4) is 5.75 Å². The van der Waals surface area contributed by atoms with Crippen molar-refractivity contribution in [3.05, 3.63) is 29.8 Å². The van der Waals surface area contributed by atoms with Crippen LogP contribution in [0.15, 0.2) is 24.3 Å². The van der Waals surface area contributed by atoms with E-state index in [4.69, 9.17) is 15.6 Å². The predicted molar refractivity (Wildman–Crippen MR) is 70.8 cm³/mol. The van der Waals surface area contributed by atoms with Crippen LogP contribution < -0.4 is 10.5 Å². The van der Waals surface area contributed by atoms with E-state index in [9.17, 15) is 4.79 Å². The van der Waals surface area contributed by atoms with Crippen LogP contribution >= 0.6 is 0 Å². The summed E-state index contributed by atoms with van der Waals surface area (Å²) in [6, 6.07) is 7.68. The van der Waals surface area contributed by atoms with Crippen LogP contribution in [0.4, 0.5) is 0 Å². The first-order valence-corrected chi connectivity index (χ1v) is 6.31. The number of carbonyl (C=O) groups is 1. The summed E-state index contributed by atoms with van der Waals surface area (Å²) >= 11 is 0. The molecule has 0 amide bonds. The summed E-state index contributed by atoms with van der Waals surface area (Å²) in [6.07, 6.45) is 2.27. The fourth-order valence-electron chi connectivity index (χ4n) is 1.70. The number of nitrogens with two attached hydrogens (primary N) is 1. The fourth-order valence-corrected chi connectivity index (χ4v) is 1.70. The summed E-state index contributed by atoms with van der Waals surface area (Å²) in [5, 5.41) is 8.59. The average molecular weight is 251 g/mol. The van der Waals surface area contributed by atoms with E-state index in [0.717, 1.165) is 17.7 Å². The molecule has 1 aromatic rings. The molecule has 1 unspecified atom stereocenters. The van der Waals surface area contributed by atoms with Gasteiger partial charge in [0.1, 0.15) is 5.75 Å². The molecule has 4 nitrogen and oxygen atoms in total. The maximum absolute atomic E-state index is 10.5. The Morgan fingerprint density at radius 1 is 1.50 bits per heavy atom. The fraction of sp³-hybridized carbons (Fsp3) is 0.500. The molecule has 0 fully saturated rings. The van der Waals surface area contributed by atoms with Gasteiger partial charge in [-0.15, -0.1) is 0 Å². The summed E-state index contributed by atoms with van der Waals surface area (Å²) in [4.78, 5) is 10.5. The molecule has 1 aromatic carbocycles. The largest absolute Gasteiger partial charge is 0.494 e. The van der Waals surface area contributed by atoms with E-state index in [1.165, 1.54) is 0 Å². The Balaban J connectivity index is 2.47. The Bertz CT molecular complexity index is 379. The SMILES string of the molecule is CCCOc1cccc(CC(N)CCC(=O)O)c1. The minimum atomic E-state index is -0.800. The summed E-state index contributed by atoms with van der Waals surface area (Å²) in [5.41, 5.74) is 6.98. The first kappa shape index (κ1) is 14.5. The molecule has 18 heavy (non-hydrogen) atoms. The molecule has 0 aromatic heterocycles. The van der Waals surface area contributed by atoms with Gasteiger partial charge in [0.15, 0.2) is 0 Å². The summed E-state index contributed by atoms with van der Waals surface area (Å²) in [5.74, 6) is 0.0465. The number of aliphatic carboxylic acids is 1. The highest BCUT2D eigenvalue weighted by molar-refractivity contribution is 5.66. The second-order valence-electron chi connectivity index (χ2n) is 4.39. The van der Waals surface area contributed by atoms with Gasteiger partial charge in [0.25, 0.3) is 0 Å². The van der Waals surface area contributed by atoms with E-state index in [0.29, 0.717) is 19.4 Å². The lowest BCUT2D eigenvalue weighted by atomic mass is 10.0. The molecule has 100 valence electrons. The van der Waals surface area contributed by atoms with Crippen molar-refractivity contribution in [1.82, 2.24) is 0 Å². The number of carboxylic acids is 1. The second-order valence-corrected chi connectivity index (χ2v) is 4.39. The zero-order chi connectivity index (χ0) is 13.4. The molecule has 0 saturated heterocycles. The smallest absolute Gasteiger partial charge is 0.303 e. The van der Waals surface area contributed by atoms with Crippen molar-refractivity contribution in [2.24, 2.45) is 5.73 Å². The maximum atomic E-state index is 10.5. The van der Waals surface area contributed by atoms with Crippen molar-refractivity contribution >= 4 is 5.97 Å². The minimum absolute atomic E-state index is 0.118. The third-order valence-electron chi connectivity index (χ3n) is 2.60. The monoisotopic (exact) mass is 251 g/mol. The van der Waals surface area contributed by atoms with Crippen LogP contribution in [0.3, 0.4) is 0 Å². The van der Waals surface area contributed by atoms with Gasteiger partial charge in [0.2, 0.25) is 0 Å². The van der Waals surface area contributed by atoms with Crippen LogP contribution in [0.1, 0.15) is 31.7 Å². The molecule has 0 heterocycles. The highest BCUT2D eigenvalue weighted by atomic mass is 16.5. The number of benzene rings is 1. The van der Waals surface area contributed by atoms with Gasteiger partial charge < -0.3 is 15.6 Å². The molecule has 0 saturated carbocycles. The Morgan fingerprint density at radius 2 is 2.28 bits per heavy atom. The number of carboxylic acid groups (broad SMARTS) is 1. The van der Waals surface area contributed by atoms with E-state index in [1.807, 2.05) is 24.3 Å². The zero-order valence-corrected chi connectivity index (χ0v) is 10.8. The molecule has 0 aliphatic carbocycles. The predicted octanol–water partition coefficient (Wildman–Crippen LogP) is 2.21. The van der Waals surface area contributed by atoms with Gasteiger partial charge in [-0.1, -0.05) is 19.1 Å². The zero-order valence-electron chi connectivity index (χ0n) is 10.8. The summed E-state index contributed by atoms with van der Waals surface area (Å²) < 4.78 is 5.54. The van der Waals surface area contributed by atoms with Crippen LogP contribution in [0.5, 0.6) is 5.75 Å². The van der Waals surface area contributed by atoms with E-state index in [1.54, 1.807) is 0 Å². The number of ether oxygens (including phenoxy) is 1. The summed E-state index contributed by atoms with van der Waals surface area (Å²) in [7, 11) is 0. The number of rotatable bonds is 8. The van der Waals surface area contributed by atoms with Crippen LogP contribution in [0, 0.1) is 0 Å². The van der Waals surface area contributed by atoms with Crippen LogP contribution in [0.2, 0.25) is 0 Å². The van der Waals surface area contributed by atoms with Crippen molar-refractivity contribution in [1.29, 1.82) is 0 Å². The Hall–Kier alpha value is -1.55. The lowest BCUT2D eigenvalue weighted by molar-refractivity contribution is -0.137. The average Bonchev–Trinajstić information content (AvgIpc) is 2.34. The second kappa shape index (κ2) is 7.71. The Labute approximate surface area is 108 Å². The van der Waals surface area contributed by atoms with Crippen molar-refractivity contribution in [3.63, 3.8) is 0 Å². The molecule has 1 rings (SSSR count). The number of hydrogen-bond acceptors (Lipinski definition) is 3. The van der Waals surface area contributed by atoms with E-state index < -0.39 is 5.97 Å². The lowest BCUT2D eigenvalue weighted by Gasteiger charge is -2.11. The van der Waals surface area contributed by atoms with Gasteiger partial charge in [-0.05, 0) is 37.0 Å². The topological polar surface area (TPSA) is 72.5 Å².